The third-order valence-corrected chi connectivity index (χ3v) is 4.70. The molecule has 0 bridgehead atoms. The smallest absolute Gasteiger partial charge is 0.0998 e. The van der Waals surface area contributed by atoms with Crippen LogP contribution in [0.1, 0.15) is 13.8 Å². The van der Waals surface area contributed by atoms with Gasteiger partial charge in [0.15, 0.2) is 0 Å². The van der Waals surface area contributed by atoms with E-state index in [0.29, 0.717) is 22.1 Å². The van der Waals surface area contributed by atoms with E-state index in [0.717, 1.165) is 37.3 Å². The molecule has 0 aliphatic rings. The van der Waals surface area contributed by atoms with Crippen molar-refractivity contribution in [2.24, 2.45) is 0 Å². The second-order valence-corrected chi connectivity index (χ2v) is 6.13. The third kappa shape index (κ3) is 3.37. The molecule has 7 nitrogen and oxygen atoms in total. The molecule has 0 spiro atoms. The molecule has 7 heteroatoms. The predicted octanol–water partition coefficient (Wildman–Crippen LogP) is 3.42. The molecule has 1 aromatic heterocycles. The van der Waals surface area contributed by atoms with Crippen LogP contribution in [-0.4, -0.2) is 41.3 Å². The van der Waals surface area contributed by atoms with Gasteiger partial charge in [-0.15, -0.1) is 0 Å². The van der Waals surface area contributed by atoms with Gasteiger partial charge < -0.3 is 26.4 Å². The highest BCUT2D eigenvalue weighted by Crippen LogP contribution is 2.37. The molecule has 138 valence electrons. The number of pyridine rings is 1. The summed E-state index contributed by atoms with van der Waals surface area (Å²) in [6, 6.07) is 10.8. The van der Waals surface area contributed by atoms with Crippen LogP contribution in [0.4, 0.5) is 17.1 Å². The van der Waals surface area contributed by atoms with Crippen molar-refractivity contribution in [1.82, 2.24) is 9.88 Å². The van der Waals surface area contributed by atoms with Crippen molar-refractivity contribution in [2.75, 3.05) is 42.5 Å². The van der Waals surface area contributed by atoms with Gasteiger partial charge in [-0.25, -0.2) is 4.98 Å². The first-order valence-electron chi connectivity index (χ1n) is 8.80. The van der Waals surface area contributed by atoms with E-state index in [1.54, 1.807) is 12.1 Å². The van der Waals surface area contributed by atoms with Crippen molar-refractivity contribution in [1.29, 1.82) is 0 Å². The van der Waals surface area contributed by atoms with Crippen LogP contribution in [0.3, 0.4) is 0 Å². The van der Waals surface area contributed by atoms with Crippen molar-refractivity contribution in [3.8, 4) is 0 Å². The fraction of sp³-hybridized carbons (Fsp3) is 0.316. The number of nitrogens with zero attached hydrogens (tertiary/aromatic N) is 3. The number of rotatable bonds is 7. The number of nitrogen functional groups attached to an aromatic ring is 1. The Morgan fingerprint density at radius 2 is 1.88 bits per heavy atom. The van der Waals surface area contributed by atoms with Crippen LogP contribution in [0, 0.1) is 5.21 Å². The number of nitrogens with one attached hydrogen (secondary N) is 1. The van der Waals surface area contributed by atoms with Gasteiger partial charge in [-0.05, 0) is 31.3 Å². The summed E-state index contributed by atoms with van der Waals surface area (Å²) in [6.07, 6.45) is 0. The maximum atomic E-state index is 11.6. The number of aromatic nitrogens is 1. The second kappa shape index (κ2) is 7.74. The van der Waals surface area contributed by atoms with Gasteiger partial charge in [0, 0.05) is 29.5 Å². The first-order valence-corrected chi connectivity index (χ1v) is 8.80. The number of hydrogen-bond acceptors (Lipinski definition) is 7. The summed E-state index contributed by atoms with van der Waals surface area (Å²) in [5.74, 6) is 0. The highest BCUT2D eigenvalue weighted by atomic mass is 16.8. The molecule has 0 unspecified atom stereocenters. The minimum Gasteiger partial charge on any atom is -0.733 e. The summed E-state index contributed by atoms with van der Waals surface area (Å²) in [4.78, 5) is 6.88. The lowest BCUT2D eigenvalue weighted by atomic mass is 10.1. The molecule has 0 fully saturated rings. The molecule has 26 heavy (non-hydrogen) atoms. The fourth-order valence-corrected chi connectivity index (χ4v) is 3.21. The normalized spacial score (nSPS) is 11.4. The summed E-state index contributed by atoms with van der Waals surface area (Å²) in [6.45, 7) is 7.87. The van der Waals surface area contributed by atoms with E-state index in [4.69, 9.17) is 5.73 Å². The molecule has 0 aliphatic carbocycles. The molecular weight excluding hydrogens is 330 g/mol. The third-order valence-electron chi connectivity index (χ3n) is 4.70. The topological polar surface area (TPSA) is 101 Å². The van der Waals surface area contributed by atoms with Gasteiger partial charge >= 0.3 is 0 Å². The van der Waals surface area contributed by atoms with E-state index in [-0.39, 0.29) is 10.9 Å². The van der Waals surface area contributed by atoms with Crippen LogP contribution in [0.2, 0.25) is 0 Å². The van der Waals surface area contributed by atoms with E-state index >= 15 is 0 Å². The van der Waals surface area contributed by atoms with E-state index in [1.165, 1.54) is 0 Å². The van der Waals surface area contributed by atoms with Gasteiger partial charge in [-0.1, -0.05) is 32.0 Å². The van der Waals surface area contributed by atoms with E-state index in [1.807, 2.05) is 24.3 Å². The van der Waals surface area contributed by atoms with Gasteiger partial charge in [-0.2, -0.15) is 0 Å². The number of hydrogen-bond donors (Lipinski definition) is 3. The Labute approximate surface area is 152 Å². The van der Waals surface area contributed by atoms with Crippen LogP contribution in [0.5, 0.6) is 0 Å². The van der Waals surface area contributed by atoms with Gasteiger partial charge in [0.1, 0.15) is 0 Å². The zero-order chi connectivity index (χ0) is 18.7. The molecule has 2 aromatic carbocycles. The minimum absolute atomic E-state index is 0.0757. The summed E-state index contributed by atoms with van der Waals surface area (Å²) in [5, 5.41) is 25.7. The Balaban J connectivity index is 2.09. The molecule has 1 heterocycles. The minimum atomic E-state index is -0.163. The van der Waals surface area contributed by atoms with Crippen molar-refractivity contribution in [3.05, 3.63) is 41.6 Å². The van der Waals surface area contributed by atoms with Crippen molar-refractivity contribution in [3.63, 3.8) is 0 Å². The van der Waals surface area contributed by atoms with Crippen LogP contribution >= 0.6 is 0 Å². The van der Waals surface area contributed by atoms with Gasteiger partial charge in [-0.3, -0.25) is 5.21 Å². The Morgan fingerprint density at radius 3 is 2.58 bits per heavy atom. The van der Waals surface area contributed by atoms with Gasteiger partial charge in [0.05, 0.1) is 22.4 Å². The number of nitrogens with two attached hydrogens (primary N) is 1. The SMILES string of the molecule is CCN(CC)CCNc1ccc(N([O-])O)c2nc3ccccc3c(N)c12. The molecule has 0 aliphatic heterocycles. The maximum absolute atomic E-state index is 11.6. The lowest BCUT2D eigenvalue weighted by Gasteiger charge is -2.25. The maximum Gasteiger partial charge on any atom is 0.0998 e. The number of para-hydroxylation sites is 1. The Morgan fingerprint density at radius 1 is 1.15 bits per heavy atom. The molecule has 0 radical (unpaired) electrons. The Hall–Kier alpha value is -2.61. The second-order valence-electron chi connectivity index (χ2n) is 6.13. The van der Waals surface area contributed by atoms with Crippen LogP contribution in [0.25, 0.3) is 21.8 Å². The first kappa shape index (κ1) is 18.2. The molecule has 0 saturated heterocycles. The quantitative estimate of drug-likeness (QED) is 0.441. The van der Waals surface area contributed by atoms with Crippen LogP contribution in [0.15, 0.2) is 36.4 Å². The molecule has 3 aromatic rings. The predicted molar refractivity (Wildman–Crippen MR) is 108 cm³/mol. The number of benzene rings is 2. The molecular formula is C19H24N5O2-. The van der Waals surface area contributed by atoms with Crippen LogP contribution < -0.4 is 16.3 Å². The highest BCUT2D eigenvalue weighted by molar-refractivity contribution is 6.14. The average molecular weight is 354 g/mol. The monoisotopic (exact) mass is 354 g/mol. The number of likely N-dealkylation sites (N-methyl/N-ethyl adjacent to an activating group) is 1. The zero-order valence-corrected chi connectivity index (χ0v) is 15.1. The summed E-state index contributed by atoms with van der Waals surface area (Å²) in [5.41, 5.74) is 8.89. The van der Waals surface area contributed by atoms with Crippen molar-refractivity contribution < 1.29 is 5.21 Å². The van der Waals surface area contributed by atoms with Gasteiger partial charge in [0.2, 0.25) is 0 Å². The Bertz CT molecular complexity index is 909. The van der Waals surface area contributed by atoms with Crippen LogP contribution in [-0.2, 0) is 0 Å². The lowest BCUT2D eigenvalue weighted by molar-refractivity contribution is 0.297. The first-order chi connectivity index (χ1) is 12.6. The molecule has 0 saturated carbocycles. The Kier molecular flexibility index (Phi) is 5.41. The largest absolute Gasteiger partial charge is 0.733 e. The van der Waals surface area contributed by atoms with Crippen molar-refractivity contribution >= 4 is 38.9 Å². The molecule has 4 N–H and O–H groups in total. The van der Waals surface area contributed by atoms with E-state index < -0.39 is 0 Å². The van der Waals surface area contributed by atoms with Crippen molar-refractivity contribution in [2.45, 2.75) is 13.8 Å². The number of fused-ring (bicyclic) bond motifs is 2. The summed E-state index contributed by atoms with van der Waals surface area (Å²) >= 11 is 0. The fourth-order valence-electron chi connectivity index (χ4n) is 3.21. The standard InChI is InChI=1S/C19H24N5O2/c1-3-23(4-2)12-11-21-15-9-10-16(24(25)26)19-17(15)18(20)13-7-5-6-8-14(13)22-19/h5-10,21,25H,3-4,11-12H2,1-2H3,(H2,20,22)/q-1. The number of anilines is 3. The molecule has 0 atom stereocenters. The highest BCUT2D eigenvalue weighted by Gasteiger charge is 2.14. The molecule has 0 amide bonds. The average Bonchev–Trinajstić information content (AvgIpc) is 2.65. The van der Waals surface area contributed by atoms with E-state index in [9.17, 15) is 10.4 Å². The summed E-state index contributed by atoms with van der Waals surface area (Å²) < 4.78 is 0. The van der Waals surface area contributed by atoms with Gasteiger partial charge in [0.25, 0.3) is 0 Å². The lowest BCUT2D eigenvalue weighted by Crippen LogP contribution is -2.28. The molecule has 3 rings (SSSR count). The zero-order valence-electron chi connectivity index (χ0n) is 15.1. The van der Waals surface area contributed by atoms with E-state index in [2.05, 4.69) is 29.0 Å². The summed E-state index contributed by atoms with van der Waals surface area (Å²) in [7, 11) is 0.